The first-order valence-corrected chi connectivity index (χ1v) is 7.68. The Labute approximate surface area is 127 Å². The number of likely N-dealkylation sites (tertiary alicyclic amines) is 1. The van der Waals surface area contributed by atoms with Crippen molar-refractivity contribution in [3.05, 3.63) is 17.2 Å². The number of carbonyl (C=O) groups excluding carboxylic acids is 1. The summed E-state index contributed by atoms with van der Waals surface area (Å²) in [4.78, 5) is 22.1. The fourth-order valence-corrected chi connectivity index (χ4v) is 2.76. The molecule has 21 heavy (non-hydrogen) atoms. The first-order valence-electron chi connectivity index (χ1n) is 7.68. The van der Waals surface area contributed by atoms with Crippen LogP contribution in [0.15, 0.2) is 0 Å². The summed E-state index contributed by atoms with van der Waals surface area (Å²) >= 11 is 0. The van der Waals surface area contributed by atoms with E-state index in [0.717, 1.165) is 30.1 Å². The zero-order chi connectivity index (χ0) is 15.8. The molecule has 5 nitrogen and oxygen atoms in total. The number of ether oxygens (including phenoxy) is 1. The molecule has 1 aromatic heterocycles. The number of nitrogens with zero attached hydrogens (tertiary/aromatic N) is 2. The number of hydrogen-bond donors (Lipinski definition) is 1. The van der Waals surface area contributed by atoms with Crippen LogP contribution in [0.3, 0.4) is 0 Å². The predicted octanol–water partition coefficient (Wildman–Crippen LogP) is 3.18. The fourth-order valence-electron chi connectivity index (χ4n) is 2.76. The van der Waals surface area contributed by atoms with Crippen molar-refractivity contribution in [2.45, 2.75) is 65.4 Å². The van der Waals surface area contributed by atoms with Crippen molar-refractivity contribution in [1.29, 1.82) is 0 Å². The van der Waals surface area contributed by atoms with Crippen LogP contribution in [0, 0.1) is 6.92 Å². The van der Waals surface area contributed by atoms with Crippen LogP contribution in [0.25, 0.3) is 0 Å². The minimum atomic E-state index is -0.452. The number of aryl methyl sites for hydroxylation is 2. The van der Waals surface area contributed by atoms with Gasteiger partial charge in [0.2, 0.25) is 0 Å². The highest BCUT2D eigenvalue weighted by Crippen LogP contribution is 2.33. The molecule has 0 aromatic carbocycles. The third-order valence-electron chi connectivity index (χ3n) is 4.02. The van der Waals surface area contributed by atoms with Gasteiger partial charge in [0.05, 0.1) is 5.69 Å². The molecule has 1 aliphatic heterocycles. The fraction of sp³-hybridized carbons (Fsp3) is 0.750. The van der Waals surface area contributed by atoms with E-state index in [4.69, 9.17) is 9.72 Å². The summed E-state index contributed by atoms with van der Waals surface area (Å²) in [6.07, 6.45) is 1.60. The number of imidazole rings is 1. The van der Waals surface area contributed by atoms with E-state index in [1.807, 2.05) is 20.8 Å². The van der Waals surface area contributed by atoms with Crippen molar-refractivity contribution in [3.8, 4) is 0 Å². The first-order chi connectivity index (χ1) is 9.64. The first kappa shape index (κ1) is 15.9. The number of H-pyrrole nitrogens is 1. The van der Waals surface area contributed by atoms with Crippen LogP contribution in [-0.2, 0) is 16.6 Å². The largest absolute Gasteiger partial charge is 0.444 e. The number of rotatable bonds is 2. The maximum atomic E-state index is 12.2. The second-order valence-electron chi connectivity index (χ2n) is 7.22. The molecular weight excluding hydrogens is 266 g/mol. The lowest BCUT2D eigenvalue weighted by molar-refractivity contribution is 0.0285. The van der Waals surface area contributed by atoms with Crippen LogP contribution < -0.4 is 0 Å². The molecule has 5 heteroatoms. The summed E-state index contributed by atoms with van der Waals surface area (Å²) < 4.78 is 5.46. The predicted molar refractivity (Wildman–Crippen MR) is 82.5 cm³/mol. The Morgan fingerprint density at radius 2 is 2.14 bits per heavy atom. The number of amides is 1. The van der Waals surface area contributed by atoms with Gasteiger partial charge in [0, 0.05) is 24.2 Å². The number of carbonyl (C=O) groups is 1. The maximum Gasteiger partial charge on any atom is 0.410 e. The van der Waals surface area contributed by atoms with Crippen LogP contribution in [0.5, 0.6) is 0 Å². The monoisotopic (exact) mass is 293 g/mol. The third kappa shape index (κ3) is 3.39. The Morgan fingerprint density at radius 1 is 1.48 bits per heavy atom. The van der Waals surface area contributed by atoms with Crippen LogP contribution in [0.2, 0.25) is 0 Å². The molecule has 118 valence electrons. The second-order valence-corrected chi connectivity index (χ2v) is 7.22. The van der Waals surface area contributed by atoms with Gasteiger partial charge in [0.25, 0.3) is 0 Å². The molecule has 0 saturated carbocycles. The normalized spacial score (nSPS) is 22.7. The summed E-state index contributed by atoms with van der Waals surface area (Å²) in [5.41, 5.74) is 1.67. The summed E-state index contributed by atoms with van der Waals surface area (Å²) in [6, 6.07) is 0. The van der Waals surface area contributed by atoms with Gasteiger partial charge in [-0.2, -0.15) is 0 Å². The molecule has 1 unspecified atom stereocenters. The van der Waals surface area contributed by atoms with Crippen LogP contribution in [0.4, 0.5) is 4.79 Å². The lowest BCUT2D eigenvalue weighted by Gasteiger charge is -2.26. The van der Waals surface area contributed by atoms with Gasteiger partial charge in [-0.1, -0.05) is 13.8 Å². The molecule has 1 fully saturated rings. The second kappa shape index (κ2) is 5.35. The van der Waals surface area contributed by atoms with E-state index >= 15 is 0 Å². The number of hydrogen-bond acceptors (Lipinski definition) is 3. The smallest absolute Gasteiger partial charge is 0.410 e. The highest BCUT2D eigenvalue weighted by atomic mass is 16.6. The SMILES string of the molecule is CCc1nc(C2(C)CCN(C(=O)OC(C)(C)C)C2)[nH]c1C. The van der Waals surface area contributed by atoms with Crippen LogP contribution in [0.1, 0.15) is 58.3 Å². The minimum Gasteiger partial charge on any atom is -0.444 e. The Balaban J connectivity index is 2.11. The number of aromatic nitrogens is 2. The van der Waals surface area contributed by atoms with Gasteiger partial charge in [-0.05, 0) is 40.5 Å². The molecule has 0 bridgehead atoms. The summed E-state index contributed by atoms with van der Waals surface area (Å²) in [5, 5.41) is 0. The zero-order valence-electron chi connectivity index (χ0n) is 14.0. The van der Waals surface area contributed by atoms with Crippen molar-refractivity contribution < 1.29 is 9.53 Å². The molecular formula is C16H27N3O2. The number of aromatic amines is 1. The Hall–Kier alpha value is -1.52. The van der Waals surface area contributed by atoms with Gasteiger partial charge in [0.1, 0.15) is 11.4 Å². The molecule has 1 aromatic rings. The highest BCUT2D eigenvalue weighted by molar-refractivity contribution is 5.68. The van der Waals surface area contributed by atoms with Gasteiger partial charge in [0.15, 0.2) is 0 Å². The molecule has 1 N–H and O–H groups in total. The van der Waals surface area contributed by atoms with E-state index < -0.39 is 5.60 Å². The summed E-state index contributed by atoms with van der Waals surface area (Å²) in [5.74, 6) is 0.989. The van der Waals surface area contributed by atoms with Gasteiger partial charge in [-0.25, -0.2) is 9.78 Å². The molecule has 2 heterocycles. The van der Waals surface area contributed by atoms with E-state index in [1.165, 1.54) is 0 Å². The average Bonchev–Trinajstić information content (AvgIpc) is 2.92. The molecule has 2 rings (SSSR count). The third-order valence-corrected chi connectivity index (χ3v) is 4.02. The summed E-state index contributed by atoms with van der Waals surface area (Å²) in [7, 11) is 0. The van der Waals surface area contributed by atoms with Crippen molar-refractivity contribution in [2.24, 2.45) is 0 Å². The average molecular weight is 293 g/mol. The van der Waals surface area contributed by atoms with Crippen molar-refractivity contribution in [3.63, 3.8) is 0 Å². The number of nitrogens with one attached hydrogen (secondary N) is 1. The summed E-state index contributed by atoms with van der Waals surface area (Å²) in [6.45, 7) is 13.4. The van der Waals surface area contributed by atoms with E-state index in [2.05, 4.69) is 25.8 Å². The standard InChI is InChI=1S/C16H27N3O2/c1-7-12-11(2)17-13(18-12)16(6)8-9-19(10-16)14(20)21-15(3,4)5/h7-10H2,1-6H3,(H,17,18). The van der Waals surface area contributed by atoms with E-state index in [-0.39, 0.29) is 11.5 Å². The van der Waals surface area contributed by atoms with Gasteiger partial charge in [-0.3, -0.25) is 0 Å². The molecule has 1 amide bonds. The molecule has 1 saturated heterocycles. The quantitative estimate of drug-likeness (QED) is 0.911. The molecule has 0 aliphatic carbocycles. The molecule has 1 atom stereocenters. The molecule has 0 spiro atoms. The van der Waals surface area contributed by atoms with Crippen molar-refractivity contribution in [1.82, 2.24) is 14.9 Å². The lowest BCUT2D eigenvalue weighted by Crippen LogP contribution is -2.37. The van der Waals surface area contributed by atoms with Gasteiger partial charge >= 0.3 is 6.09 Å². The molecule has 1 aliphatic rings. The van der Waals surface area contributed by atoms with E-state index in [9.17, 15) is 4.79 Å². The van der Waals surface area contributed by atoms with Crippen LogP contribution >= 0.6 is 0 Å². The topological polar surface area (TPSA) is 58.2 Å². The Kier molecular flexibility index (Phi) is 4.04. The minimum absolute atomic E-state index is 0.116. The lowest BCUT2D eigenvalue weighted by atomic mass is 9.89. The zero-order valence-corrected chi connectivity index (χ0v) is 14.0. The van der Waals surface area contributed by atoms with E-state index in [0.29, 0.717) is 13.1 Å². The van der Waals surface area contributed by atoms with Crippen molar-refractivity contribution >= 4 is 6.09 Å². The van der Waals surface area contributed by atoms with Gasteiger partial charge in [-0.15, -0.1) is 0 Å². The highest BCUT2D eigenvalue weighted by Gasteiger charge is 2.41. The maximum absolute atomic E-state index is 12.2. The van der Waals surface area contributed by atoms with Gasteiger partial charge < -0.3 is 14.6 Å². The van der Waals surface area contributed by atoms with E-state index in [1.54, 1.807) is 4.90 Å². The van der Waals surface area contributed by atoms with Crippen LogP contribution in [-0.4, -0.2) is 39.7 Å². The molecule has 0 radical (unpaired) electrons. The Morgan fingerprint density at radius 3 is 2.67 bits per heavy atom. The Bertz CT molecular complexity index is 530. The van der Waals surface area contributed by atoms with Crippen molar-refractivity contribution in [2.75, 3.05) is 13.1 Å².